The topological polar surface area (TPSA) is 44.8 Å². The van der Waals surface area contributed by atoms with Crippen molar-refractivity contribution >= 4 is 6.03 Å². The molecule has 2 amide bonds. The number of carbonyl (C=O) groups is 1. The lowest BCUT2D eigenvalue weighted by Gasteiger charge is -2.24. The summed E-state index contributed by atoms with van der Waals surface area (Å²) in [5.74, 6) is 0.678. The van der Waals surface area contributed by atoms with E-state index < -0.39 is 0 Å². The highest BCUT2D eigenvalue weighted by molar-refractivity contribution is 5.73. The third kappa shape index (κ3) is 4.42. The molecule has 0 aromatic heterocycles. The van der Waals surface area contributed by atoms with Gasteiger partial charge in [-0.15, -0.1) is 0 Å². The van der Waals surface area contributed by atoms with Crippen molar-refractivity contribution in [2.75, 3.05) is 26.3 Å². The number of rotatable bonds is 6. The number of carbonyl (C=O) groups excluding carboxylic acids is 1. The zero-order chi connectivity index (χ0) is 14.2. The number of urea groups is 1. The Kier molecular flexibility index (Phi) is 5.68. The third-order valence-corrected chi connectivity index (χ3v) is 3.26. The van der Waals surface area contributed by atoms with E-state index in [0.29, 0.717) is 19.0 Å². The molecule has 20 heavy (non-hydrogen) atoms. The third-order valence-electron chi connectivity index (χ3n) is 3.26. The summed E-state index contributed by atoms with van der Waals surface area (Å²) in [7, 11) is 0. The Morgan fingerprint density at radius 2 is 2.00 bits per heavy atom. The Bertz CT molecular complexity index is 405. The van der Waals surface area contributed by atoms with Crippen LogP contribution in [0.3, 0.4) is 0 Å². The number of benzene rings is 1. The van der Waals surface area contributed by atoms with E-state index in [2.05, 4.69) is 10.2 Å². The van der Waals surface area contributed by atoms with Crippen molar-refractivity contribution in [3.8, 4) is 5.75 Å². The standard InChI is InChI=1S/C15H23N3O2/c1-2-10-18(20-14-8-4-3-5-9-14)15(19)16-13-17-11-6-7-12-17/h3-5,8-9H,2,6-7,10-13H2,1H3,(H,16,19). The fourth-order valence-corrected chi connectivity index (χ4v) is 2.21. The molecule has 0 aliphatic carbocycles. The average Bonchev–Trinajstić information content (AvgIpc) is 2.99. The van der Waals surface area contributed by atoms with Crippen LogP contribution in [-0.4, -0.2) is 42.3 Å². The number of likely N-dealkylation sites (tertiary alicyclic amines) is 1. The van der Waals surface area contributed by atoms with Crippen LogP contribution in [0.1, 0.15) is 26.2 Å². The van der Waals surface area contributed by atoms with Gasteiger partial charge in [-0.25, -0.2) is 4.79 Å². The monoisotopic (exact) mass is 277 g/mol. The van der Waals surface area contributed by atoms with E-state index >= 15 is 0 Å². The molecule has 5 nitrogen and oxygen atoms in total. The van der Waals surface area contributed by atoms with Crippen LogP contribution in [0.5, 0.6) is 5.75 Å². The fraction of sp³-hybridized carbons (Fsp3) is 0.533. The van der Waals surface area contributed by atoms with Crippen LogP contribution in [0.4, 0.5) is 4.79 Å². The second-order valence-electron chi connectivity index (χ2n) is 4.97. The first-order valence-electron chi connectivity index (χ1n) is 7.30. The summed E-state index contributed by atoms with van der Waals surface area (Å²) >= 11 is 0. The maximum atomic E-state index is 12.2. The number of hydroxylamine groups is 2. The predicted octanol–water partition coefficient (Wildman–Crippen LogP) is 2.46. The van der Waals surface area contributed by atoms with Gasteiger partial charge in [-0.2, -0.15) is 5.06 Å². The summed E-state index contributed by atoms with van der Waals surface area (Å²) in [5.41, 5.74) is 0. The highest BCUT2D eigenvalue weighted by atomic mass is 16.7. The molecule has 0 unspecified atom stereocenters. The molecule has 2 rings (SSSR count). The minimum Gasteiger partial charge on any atom is -0.375 e. The van der Waals surface area contributed by atoms with Gasteiger partial charge in [0.25, 0.3) is 0 Å². The molecule has 0 atom stereocenters. The Labute approximate surface area is 120 Å². The molecule has 0 spiro atoms. The van der Waals surface area contributed by atoms with Crippen molar-refractivity contribution < 1.29 is 9.63 Å². The van der Waals surface area contributed by atoms with Crippen molar-refractivity contribution in [2.24, 2.45) is 0 Å². The number of nitrogens with zero attached hydrogens (tertiary/aromatic N) is 2. The Morgan fingerprint density at radius 1 is 1.30 bits per heavy atom. The van der Waals surface area contributed by atoms with Gasteiger partial charge in [0, 0.05) is 0 Å². The van der Waals surface area contributed by atoms with Gasteiger partial charge >= 0.3 is 6.03 Å². The van der Waals surface area contributed by atoms with E-state index in [0.717, 1.165) is 19.5 Å². The van der Waals surface area contributed by atoms with Crippen LogP contribution < -0.4 is 10.2 Å². The number of nitrogens with one attached hydrogen (secondary N) is 1. The first-order chi connectivity index (χ1) is 9.79. The minimum absolute atomic E-state index is 0.178. The molecule has 1 saturated heterocycles. The van der Waals surface area contributed by atoms with Gasteiger partial charge in [-0.05, 0) is 44.5 Å². The molecule has 1 aliphatic heterocycles. The first-order valence-corrected chi connectivity index (χ1v) is 7.30. The molecule has 1 aromatic rings. The van der Waals surface area contributed by atoms with Gasteiger partial charge in [0.1, 0.15) is 0 Å². The van der Waals surface area contributed by atoms with Gasteiger partial charge in [0.05, 0.1) is 13.2 Å². The fourth-order valence-electron chi connectivity index (χ4n) is 2.21. The molecule has 1 heterocycles. The number of amides is 2. The second-order valence-corrected chi connectivity index (χ2v) is 4.97. The van der Waals surface area contributed by atoms with E-state index in [-0.39, 0.29) is 6.03 Å². The molecule has 1 aromatic carbocycles. The molecular formula is C15H23N3O2. The summed E-state index contributed by atoms with van der Waals surface area (Å²) in [4.78, 5) is 20.0. The van der Waals surface area contributed by atoms with E-state index in [9.17, 15) is 4.79 Å². The van der Waals surface area contributed by atoms with Gasteiger partial charge < -0.3 is 10.2 Å². The molecule has 1 fully saturated rings. The van der Waals surface area contributed by atoms with Gasteiger partial charge in [0.2, 0.25) is 0 Å². The molecule has 0 radical (unpaired) electrons. The van der Waals surface area contributed by atoms with Crippen molar-refractivity contribution in [2.45, 2.75) is 26.2 Å². The average molecular weight is 277 g/mol. The SMILES string of the molecule is CCCN(Oc1ccccc1)C(=O)NCN1CCCC1. The van der Waals surface area contributed by atoms with E-state index in [1.807, 2.05) is 37.3 Å². The summed E-state index contributed by atoms with van der Waals surface area (Å²) < 4.78 is 0. The first kappa shape index (κ1) is 14.7. The summed E-state index contributed by atoms with van der Waals surface area (Å²) in [6, 6.07) is 9.21. The Hall–Kier alpha value is -1.75. The molecule has 0 saturated carbocycles. The van der Waals surface area contributed by atoms with Gasteiger partial charge in [-0.1, -0.05) is 25.1 Å². The van der Waals surface area contributed by atoms with Crippen LogP contribution >= 0.6 is 0 Å². The van der Waals surface area contributed by atoms with Gasteiger partial charge in [-0.3, -0.25) is 4.90 Å². The number of hydrogen-bond donors (Lipinski definition) is 1. The zero-order valence-corrected chi connectivity index (χ0v) is 12.0. The Balaban J connectivity index is 1.84. The van der Waals surface area contributed by atoms with Crippen molar-refractivity contribution in [3.05, 3.63) is 30.3 Å². The largest absolute Gasteiger partial charge is 0.375 e. The van der Waals surface area contributed by atoms with Crippen molar-refractivity contribution in [3.63, 3.8) is 0 Å². The quantitative estimate of drug-likeness (QED) is 0.812. The summed E-state index contributed by atoms with van der Waals surface area (Å²) in [6.45, 7) is 5.31. The Morgan fingerprint density at radius 3 is 2.65 bits per heavy atom. The lowest BCUT2D eigenvalue weighted by atomic mass is 10.3. The minimum atomic E-state index is -0.178. The van der Waals surface area contributed by atoms with E-state index in [1.54, 1.807) is 0 Å². The summed E-state index contributed by atoms with van der Waals surface area (Å²) in [6.07, 6.45) is 3.29. The number of hydrogen-bond acceptors (Lipinski definition) is 3. The molecule has 110 valence electrons. The number of para-hydroxylation sites is 1. The lowest BCUT2D eigenvalue weighted by molar-refractivity contribution is -0.0141. The zero-order valence-electron chi connectivity index (χ0n) is 12.0. The van der Waals surface area contributed by atoms with Crippen LogP contribution in [0, 0.1) is 0 Å². The molecule has 1 aliphatic rings. The van der Waals surface area contributed by atoms with Crippen LogP contribution in [0.15, 0.2) is 30.3 Å². The predicted molar refractivity (Wildman–Crippen MR) is 78.3 cm³/mol. The van der Waals surface area contributed by atoms with E-state index in [1.165, 1.54) is 17.9 Å². The van der Waals surface area contributed by atoms with Crippen molar-refractivity contribution in [1.82, 2.24) is 15.3 Å². The van der Waals surface area contributed by atoms with E-state index in [4.69, 9.17) is 4.84 Å². The molecule has 0 bridgehead atoms. The molecule has 1 N–H and O–H groups in total. The molecular weight excluding hydrogens is 254 g/mol. The van der Waals surface area contributed by atoms with Crippen LogP contribution in [0.25, 0.3) is 0 Å². The van der Waals surface area contributed by atoms with Gasteiger partial charge in [0.15, 0.2) is 5.75 Å². The molecule has 5 heteroatoms. The highest BCUT2D eigenvalue weighted by Gasteiger charge is 2.17. The lowest BCUT2D eigenvalue weighted by Crippen LogP contribution is -2.46. The summed E-state index contributed by atoms with van der Waals surface area (Å²) in [5, 5.41) is 4.31. The van der Waals surface area contributed by atoms with Crippen LogP contribution in [-0.2, 0) is 0 Å². The highest BCUT2D eigenvalue weighted by Crippen LogP contribution is 2.11. The normalized spacial score (nSPS) is 15.1. The van der Waals surface area contributed by atoms with Crippen LogP contribution in [0.2, 0.25) is 0 Å². The van der Waals surface area contributed by atoms with Crippen molar-refractivity contribution in [1.29, 1.82) is 0 Å². The second kappa shape index (κ2) is 7.75. The maximum absolute atomic E-state index is 12.2. The smallest absolute Gasteiger partial charge is 0.351 e. The maximum Gasteiger partial charge on any atom is 0.351 e.